The molecule has 208 valence electrons. The Morgan fingerprint density at radius 3 is 1.89 bits per heavy atom. The van der Waals surface area contributed by atoms with Crippen LogP contribution in [0.4, 0.5) is 0 Å². The van der Waals surface area contributed by atoms with Crippen LogP contribution in [0.1, 0.15) is 0 Å². The molecule has 10 aromatic rings. The molecule has 0 atom stereocenters. The summed E-state index contributed by atoms with van der Waals surface area (Å²) in [4.78, 5) is 11.0. The van der Waals surface area contributed by atoms with Gasteiger partial charge in [-0.25, -0.2) is 9.97 Å². The van der Waals surface area contributed by atoms with E-state index in [0.29, 0.717) is 0 Å². The summed E-state index contributed by atoms with van der Waals surface area (Å²) < 4.78 is 2.62. The third-order valence-corrected chi connectivity index (χ3v) is 10.4. The number of hydrogen-bond acceptors (Lipinski definition) is 3. The van der Waals surface area contributed by atoms with Gasteiger partial charge < -0.3 is 0 Å². The summed E-state index contributed by atoms with van der Waals surface area (Å²) >= 11 is 1.88. The van der Waals surface area contributed by atoms with Crippen molar-refractivity contribution in [3.8, 4) is 22.6 Å². The molecule has 0 fully saturated rings. The third-order valence-electron chi connectivity index (χ3n) is 9.21. The highest BCUT2D eigenvalue weighted by Crippen LogP contribution is 2.47. The first-order valence-corrected chi connectivity index (χ1v) is 16.1. The van der Waals surface area contributed by atoms with Gasteiger partial charge in [0.2, 0.25) is 0 Å². The topological polar surface area (TPSA) is 25.8 Å². The molecule has 2 nitrogen and oxygen atoms in total. The molecule has 3 heterocycles. The Hall–Kier alpha value is -5.64. The fourth-order valence-corrected chi connectivity index (χ4v) is 8.47. The fourth-order valence-electron chi connectivity index (χ4n) is 7.22. The van der Waals surface area contributed by atoms with Gasteiger partial charge in [-0.05, 0) is 33.7 Å². The van der Waals surface area contributed by atoms with Gasteiger partial charge in [0.15, 0.2) is 0 Å². The van der Waals surface area contributed by atoms with E-state index in [4.69, 9.17) is 9.97 Å². The molecular weight excluding hydrogens is 565 g/mol. The largest absolute Gasteiger partial charge is 0.245 e. The summed E-state index contributed by atoms with van der Waals surface area (Å²) in [6.07, 6.45) is 0. The quantitative estimate of drug-likeness (QED) is 0.188. The average Bonchev–Trinajstić information content (AvgIpc) is 3.51. The fraction of sp³-hybridized carbons (Fsp3) is 0. The van der Waals surface area contributed by atoms with E-state index in [2.05, 4.69) is 146 Å². The Labute approximate surface area is 262 Å². The molecule has 0 bridgehead atoms. The van der Waals surface area contributed by atoms with E-state index in [9.17, 15) is 0 Å². The zero-order valence-electron chi connectivity index (χ0n) is 24.2. The molecule has 45 heavy (non-hydrogen) atoms. The number of pyridine rings is 2. The molecule has 3 aromatic heterocycles. The number of rotatable bonds is 2. The first kappa shape index (κ1) is 24.8. The maximum absolute atomic E-state index is 5.60. The lowest BCUT2D eigenvalue weighted by molar-refractivity contribution is 1.31. The van der Waals surface area contributed by atoms with E-state index in [1.807, 2.05) is 11.3 Å². The Bertz CT molecular complexity index is 2810. The molecule has 0 radical (unpaired) electrons. The molecule has 0 N–H and O–H groups in total. The molecule has 0 amide bonds. The van der Waals surface area contributed by atoms with E-state index in [0.717, 1.165) is 38.9 Å². The van der Waals surface area contributed by atoms with Gasteiger partial charge in [-0.2, -0.15) is 0 Å². The van der Waals surface area contributed by atoms with Crippen molar-refractivity contribution in [3.05, 3.63) is 146 Å². The molecule has 0 unspecified atom stereocenters. The summed E-state index contributed by atoms with van der Waals surface area (Å²) in [7, 11) is 0. The second-order valence-electron chi connectivity index (χ2n) is 11.7. The van der Waals surface area contributed by atoms with E-state index >= 15 is 0 Å². The Morgan fingerprint density at radius 1 is 0.400 bits per heavy atom. The summed E-state index contributed by atoms with van der Waals surface area (Å²) in [6, 6.07) is 52.1. The van der Waals surface area contributed by atoms with Gasteiger partial charge in [-0.1, -0.05) is 133 Å². The van der Waals surface area contributed by atoms with E-state index < -0.39 is 0 Å². The van der Waals surface area contributed by atoms with Crippen molar-refractivity contribution < 1.29 is 0 Å². The van der Waals surface area contributed by atoms with Crippen LogP contribution in [0, 0.1) is 0 Å². The van der Waals surface area contributed by atoms with Crippen LogP contribution in [0.15, 0.2) is 146 Å². The highest BCUT2D eigenvalue weighted by Gasteiger charge is 2.21. The molecule has 0 aliphatic carbocycles. The van der Waals surface area contributed by atoms with Crippen LogP contribution in [0.25, 0.3) is 96.8 Å². The number of hydrogen-bond donors (Lipinski definition) is 0. The lowest BCUT2D eigenvalue weighted by Gasteiger charge is -2.16. The summed E-state index contributed by atoms with van der Waals surface area (Å²) in [5.74, 6) is 0. The molecule has 0 aliphatic heterocycles. The minimum atomic E-state index is 0.884. The molecule has 0 saturated carbocycles. The van der Waals surface area contributed by atoms with E-state index in [1.165, 1.54) is 57.9 Å². The van der Waals surface area contributed by atoms with Crippen LogP contribution >= 0.6 is 11.3 Å². The van der Waals surface area contributed by atoms with Crippen molar-refractivity contribution in [2.24, 2.45) is 0 Å². The van der Waals surface area contributed by atoms with E-state index in [1.54, 1.807) is 0 Å². The normalized spacial score (nSPS) is 12.0. The Morgan fingerprint density at radius 2 is 1.04 bits per heavy atom. The lowest BCUT2D eigenvalue weighted by atomic mass is 9.93. The third kappa shape index (κ3) is 3.56. The van der Waals surface area contributed by atoms with Crippen LogP contribution in [-0.2, 0) is 0 Å². The lowest BCUT2D eigenvalue weighted by Crippen LogP contribution is -1.96. The molecule has 0 saturated heterocycles. The minimum absolute atomic E-state index is 0.884. The maximum Gasteiger partial charge on any atom is 0.0972 e. The molecule has 10 rings (SSSR count). The zero-order valence-corrected chi connectivity index (χ0v) is 25.0. The van der Waals surface area contributed by atoms with Gasteiger partial charge >= 0.3 is 0 Å². The van der Waals surface area contributed by atoms with Crippen molar-refractivity contribution in [1.29, 1.82) is 0 Å². The maximum atomic E-state index is 5.60. The number of benzene rings is 7. The van der Waals surface area contributed by atoms with Crippen molar-refractivity contribution in [1.82, 2.24) is 9.97 Å². The SMILES string of the molecule is c1ccc(-c2nc(-c3nc4c5ccccc5c5sc6ccccc6c5c4c4ccccc34)cc3c2ccc2ccccc23)cc1. The van der Waals surface area contributed by atoms with Crippen molar-refractivity contribution >= 4 is 85.5 Å². The van der Waals surface area contributed by atoms with Gasteiger partial charge in [0, 0.05) is 52.7 Å². The van der Waals surface area contributed by atoms with Gasteiger partial charge in [0.05, 0.1) is 22.6 Å². The smallest absolute Gasteiger partial charge is 0.0972 e. The number of thiophene rings is 1. The summed E-state index contributed by atoms with van der Waals surface area (Å²) in [5, 5.41) is 13.3. The Balaban J connectivity index is 1.41. The van der Waals surface area contributed by atoms with Crippen molar-refractivity contribution in [2.45, 2.75) is 0 Å². The molecule has 3 heteroatoms. The standard InChI is InChI=1S/C42H24N2S/c1-2-13-26(14-3-1)39-31-23-22-25-12-4-5-15-27(25)34(31)24-35(43-39)40-29-17-7-6-16-28(29)37-38-33-20-10-11-21-36(33)45-42(38)32-19-9-8-18-30(32)41(37)44-40/h1-24H. The highest BCUT2D eigenvalue weighted by atomic mass is 32.1. The second-order valence-corrected chi connectivity index (χ2v) is 12.7. The van der Waals surface area contributed by atoms with Gasteiger partial charge in [0.1, 0.15) is 0 Å². The number of fused-ring (bicyclic) bond motifs is 13. The van der Waals surface area contributed by atoms with Crippen LogP contribution < -0.4 is 0 Å². The average molecular weight is 589 g/mol. The van der Waals surface area contributed by atoms with Crippen molar-refractivity contribution in [3.63, 3.8) is 0 Å². The summed E-state index contributed by atoms with van der Waals surface area (Å²) in [6.45, 7) is 0. The molecular formula is C42H24N2S. The molecule has 7 aromatic carbocycles. The van der Waals surface area contributed by atoms with Crippen LogP contribution in [0.5, 0.6) is 0 Å². The second kappa shape index (κ2) is 9.43. The zero-order chi connectivity index (χ0) is 29.5. The number of aromatic nitrogens is 2. The summed E-state index contributed by atoms with van der Waals surface area (Å²) in [5.41, 5.74) is 4.89. The highest BCUT2D eigenvalue weighted by molar-refractivity contribution is 7.27. The molecule has 0 spiro atoms. The van der Waals surface area contributed by atoms with Crippen molar-refractivity contribution in [2.75, 3.05) is 0 Å². The van der Waals surface area contributed by atoms with E-state index in [-0.39, 0.29) is 0 Å². The Kier molecular flexibility index (Phi) is 5.19. The van der Waals surface area contributed by atoms with Crippen LogP contribution in [0.3, 0.4) is 0 Å². The molecule has 0 aliphatic rings. The first-order chi connectivity index (χ1) is 22.3. The minimum Gasteiger partial charge on any atom is -0.245 e. The van der Waals surface area contributed by atoms with Crippen LogP contribution in [0.2, 0.25) is 0 Å². The van der Waals surface area contributed by atoms with Gasteiger partial charge in [0.25, 0.3) is 0 Å². The monoisotopic (exact) mass is 588 g/mol. The predicted octanol–water partition coefficient (Wildman–Crippen LogP) is 11.9. The van der Waals surface area contributed by atoms with Crippen LogP contribution in [-0.4, -0.2) is 9.97 Å². The number of nitrogens with zero attached hydrogens (tertiary/aromatic N) is 2. The van der Waals surface area contributed by atoms with Gasteiger partial charge in [-0.3, -0.25) is 0 Å². The van der Waals surface area contributed by atoms with Gasteiger partial charge in [-0.15, -0.1) is 11.3 Å². The first-order valence-electron chi connectivity index (χ1n) is 15.3. The predicted molar refractivity (Wildman–Crippen MR) is 193 cm³/mol.